The summed E-state index contributed by atoms with van der Waals surface area (Å²) in [5, 5.41) is 12.7. The van der Waals surface area contributed by atoms with Gasteiger partial charge in [0.25, 0.3) is 0 Å². The van der Waals surface area contributed by atoms with Crippen molar-refractivity contribution in [2.75, 3.05) is 26.8 Å². The summed E-state index contributed by atoms with van der Waals surface area (Å²) in [7, 11) is 1.65. The molecule has 144 valence electrons. The number of hydrogen-bond donors (Lipinski definition) is 2. The first-order valence-electron chi connectivity index (χ1n) is 9.64. The Bertz CT molecular complexity index is 570. The number of aliphatic hydroxyl groups excluding tert-OH is 1. The molecule has 0 unspecified atom stereocenters. The van der Waals surface area contributed by atoms with E-state index in [1.807, 2.05) is 29.2 Å². The van der Waals surface area contributed by atoms with E-state index >= 15 is 0 Å². The van der Waals surface area contributed by atoms with Crippen LogP contribution in [0.15, 0.2) is 24.3 Å². The SMILES string of the molecule is COc1ccc(OC[C@@H]2CCCN(C(=O)NC3CCC(O)CC3)C2)cc1. The third-order valence-electron chi connectivity index (χ3n) is 5.38. The molecule has 0 spiro atoms. The fourth-order valence-corrected chi connectivity index (χ4v) is 3.76. The number of likely N-dealkylation sites (tertiary alicyclic amines) is 1. The Hall–Kier alpha value is -1.95. The summed E-state index contributed by atoms with van der Waals surface area (Å²) >= 11 is 0. The van der Waals surface area contributed by atoms with Gasteiger partial charge < -0.3 is 24.8 Å². The maximum Gasteiger partial charge on any atom is 0.317 e. The molecular weight excluding hydrogens is 332 g/mol. The molecule has 1 aromatic rings. The summed E-state index contributed by atoms with van der Waals surface area (Å²) in [5.74, 6) is 1.99. The van der Waals surface area contributed by atoms with Crippen molar-refractivity contribution in [1.29, 1.82) is 0 Å². The molecule has 6 heteroatoms. The number of carbonyl (C=O) groups excluding carboxylic acids is 1. The molecule has 26 heavy (non-hydrogen) atoms. The van der Waals surface area contributed by atoms with Gasteiger partial charge in [-0.25, -0.2) is 4.79 Å². The van der Waals surface area contributed by atoms with Gasteiger partial charge in [0.15, 0.2) is 0 Å². The second-order valence-corrected chi connectivity index (χ2v) is 7.40. The van der Waals surface area contributed by atoms with Crippen LogP contribution in [0.1, 0.15) is 38.5 Å². The van der Waals surface area contributed by atoms with Crippen LogP contribution in [0.3, 0.4) is 0 Å². The standard InChI is InChI=1S/C20H30N2O4/c1-25-18-8-10-19(11-9-18)26-14-15-3-2-12-22(13-15)20(24)21-16-4-6-17(23)7-5-16/h8-11,15-17,23H,2-7,12-14H2,1H3,(H,21,24)/t15-,16?,17?/m1/s1. The van der Waals surface area contributed by atoms with Crippen LogP contribution in [0.2, 0.25) is 0 Å². The molecule has 1 aliphatic carbocycles. The minimum atomic E-state index is -0.197. The maximum absolute atomic E-state index is 12.5. The van der Waals surface area contributed by atoms with Crippen LogP contribution in [0, 0.1) is 5.92 Å². The number of hydrogen-bond acceptors (Lipinski definition) is 4. The Morgan fingerprint density at radius 2 is 1.85 bits per heavy atom. The van der Waals surface area contributed by atoms with Crippen molar-refractivity contribution in [1.82, 2.24) is 10.2 Å². The normalized spacial score (nSPS) is 26.2. The van der Waals surface area contributed by atoms with E-state index in [4.69, 9.17) is 9.47 Å². The quantitative estimate of drug-likeness (QED) is 0.845. The second kappa shape index (κ2) is 9.12. The number of urea groups is 1. The molecule has 2 aliphatic rings. The number of ether oxygens (including phenoxy) is 2. The Balaban J connectivity index is 1.43. The number of methoxy groups -OCH3 is 1. The maximum atomic E-state index is 12.5. The predicted octanol–water partition coefficient (Wildman–Crippen LogP) is 2.80. The van der Waals surface area contributed by atoms with Crippen molar-refractivity contribution in [3.63, 3.8) is 0 Å². The second-order valence-electron chi connectivity index (χ2n) is 7.40. The summed E-state index contributed by atoms with van der Waals surface area (Å²) < 4.78 is 11.0. The number of benzene rings is 1. The number of nitrogens with one attached hydrogen (secondary N) is 1. The molecule has 1 aliphatic heterocycles. The molecule has 0 aromatic heterocycles. The van der Waals surface area contributed by atoms with E-state index in [0.717, 1.165) is 63.1 Å². The third-order valence-corrected chi connectivity index (χ3v) is 5.38. The molecule has 2 amide bonds. The van der Waals surface area contributed by atoms with E-state index in [9.17, 15) is 9.90 Å². The van der Waals surface area contributed by atoms with Gasteiger partial charge in [-0.15, -0.1) is 0 Å². The first-order valence-corrected chi connectivity index (χ1v) is 9.64. The van der Waals surface area contributed by atoms with Crippen LogP contribution in [-0.2, 0) is 0 Å². The highest BCUT2D eigenvalue weighted by atomic mass is 16.5. The average molecular weight is 362 g/mol. The van der Waals surface area contributed by atoms with E-state index in [-0.39, 0.29) is 18.2 Å². The van der Waals surface area contributed by atoms with E-state index < -0.39 is 0 Å². The smallest absolute Gasteiger partial charge is 0.317 e. The van der Waals surface area contributed by atoms with E-state index in [1.54, 1.807) is 7.11 Å². The van der Waals surface area contributed by atoms with Crippen LogP contribution < -0.4 is 14.8 Å². The van der Waals surface area contributed by atoms with Gasteiger partial charge in [-0.1, -0.05) is 0 Å². The molecule has 1 saturated carbocycles. The zero-order chi connectivity index (χ0) is 18.4. The molecule has 2 fully saturated rings. The number of nitrogens with zero attached hydrogens (tertiary/aromatic N) is 1. The number of aliphatic hydroxyl groups is 1. The molecule has 1 atom stereocenters. The fraction of sp³-hybridized carbons (Fsp3) is 0.650. The van der Waals surface area contributed by atoms with Crippen LogP contribution >= 0.6 is 0 Å². The first kappa shape index (κ1) is 18.8. The minimum absolute atomic E-state index is 0.0283. The van der Waals surface area contributed by atoms with Gasteiger partial charge in [0, 0.05) is 25.0 Å². The van der Waals surface area contributed by atoms with Gasteiger partial charge in [0.2, 0.25) is 0 Å². The van der Waals surface area contributed by atoms with Crippen LogP contribution in [0.5, 0.6) is 11.5 Å². The Morgan fingerprint density at radius 3 is 2.54 bits per heavy atom. The molecule has 2 N–H and O–H groups in total. The minimum Gasteiger partial charge on any atom is -0.497 e. The van der Waals surface area contributed by atoms with Crippen LogP contribution in [0.4, 0.5) is 4.79 Å². The molecular formula is C20H30N2O4. The van der Waals surface area contributed by atoms with E-state index in [1.165, 1.54) is 0 Å². The number of amides is 2. The zero-order valence-electron chi connectivity index (χ0n) is 15.5. The van der Waals surface area contributed by atoms with Crippen molar-refractivity contribution in [3.8, 4) is 11.5 Å². The summed E-state index contributed by atoms with van der Waals surface area (Å²) in [5.41, 5.74) is 0. The molecule has 1 aromatic carbocycles. The topological polar surface area (TPSA) is 71.0 Å². The lowest BCUT2D eigenvalue weighted by Gasteiger charge is -2.35. The molecule has 1 saturated heterocycles. The van der Waals surface area contributed by atoms with E-state index in [0.29, 0.717) is 12.5 Å². The monoisotopic (exact) mass is 362 g/mol. The molecule has 3 rings (SSSR count). The molecule has 0 radical (unpaired) electrons. The van der Waals surface area contributed by atoms with Gasteiger partial charge in [-0.2, -0.15) is 0 Å². The highest BCUT2D eigenvalue weighted by molar-refractivity contribution is 5.74. The van der Waals surface area contributed by atoms with Gasteiger partial charge in [0.05, 0.1) is 19.8 Å². The Morgan fingerprint density at radius 1 is 1.15 bits per heavy atom. The largest absolute Gasteiger partial charge is 0.497 e. The van der Waals surface area contributed by atoms with Crippen molar-refractivity contribution in [3.05, 3.63) is 24.3 Å². The highest BCUT2D eigenvalue weighted by Crippen LogP contribution is 2.22. The Labute approximate surface area is 155 Å². The lowest BCUT2D eigenvalue weighted by molar-refractivity contribution is 0.109. The lowest BCUT2D eigenvalue weighted by atomic mass is 9.93. The third kappa shape index (κ3) is 5.27. The number of carbonyl (C=O) groups is 1. The Kier molecular flexibility index (Phi) is 6.61. The lowest BCUT2D eigenvalue weighted by Crippen LogP contribution is -2.50. The van der Waals surface area contributed by atoms with Crippen LogP contribution in [0.25, 0.3) is 0 Å². The summed E-state index contributed by atoms with van der Waals surface area (Å²) in [4.78, 5) is 14.4. The number of rotatable bonds is 5. The van der Waals surface area contributed by atoms with Crippen LogP contribution in [-0.4, -0.2) is 55.0 Å². The first-order chi connectivity index (χ1) is 12.6. The van der Waals surface area contributed by atoms with Crippen molar-refractivity contribution in [2.24, 2.45) is 5.92 Å². The van der Waals surface area contributed by atoms with Crippen molar-refractivity contribution in [2.45, 2.75) is 50.7 Å². The highest BCUT2D eigenvalue weighted by Gasteiger charge is 2.27. The fourth-order valence-electron chi connectivity index (χ4n) is 3.76. The van der Waals surface area contributed by atoms with Gasteiger partial charge >= 0.3 is 6.03 Å². The van der Waals surface area contributed by atoms with Gasteiger partial charge in [0.1, 0.15) is 11.5 Å². The van der Waals surface area contributed by atoms with Gasteiger partial charge in [-0.3, -0.25) is 0 Å². The summed E-state index contributed by atoms with van der Waals surface area (Å²) in [6, 6.07) is 7.81. The number of piperidine rings is 1. The predicted molar refractivity (Wildman–Crippen MR) is 99.6 cm³/mol. The zero-order valence-corrected chi connectivity index (χ0v) is 15.5. The molecule has 6 nitrogen and oxygen atoms in total. The molecule has 1 heterocycles. The molecule has 0 bridgehead atoms. The van der Waals surface area contributed by atoms with Crippen molar-refractivity contribution < 1.29 is 19.4 Å². The van der Waals surface area contributed by atoms with E-state index in [2.05, 4.69) is 5.32 Å². The van der Waals surface area contributed by atoms with Crippen molar-refractivity contribution >= 4 is 6.03 Å². The summed E-state index contributed by atoms with van der Waals surface area (Å²) in [6.07, 6.45) is 5.18. The van der Waals surface area contributed by atoms with Gasteiger partial charge in [-0.05, 0) is 62.8 Å². The summed E-state index contributed by atoms with van der Waals surface area (Å²) in [6.45, 7) is 2.16. The average Bonchev–Trinajstić information content (AvgIpc) is 2.69.